The molecule has 2 aromatic rings. The van der Waals surface area contributed by atoms with E-state index in [0.29, 0.717) is 11.6 Å². The van der Waals surface area contributed by atoms with E-state index in [-0.39, 0.29) is 0 Å². The molecule has 1 aliphatic rings. The largest absolute Gasteiger partial charge is 0.397 e. The highest BCUT2D eigenvalue weighted by atomic mass is 15.0. The number of rotatable bonds is 3. The number of nitrogens with two attached hydrogens (primary N) is 1. The molecule has 0 aliphatic heterocycles. The molecule has 0 saturated carbocycles. The summed E-state index contributed by atoms with van der Waals surface area (Å²) >= 11 is 0. The number of hydrogen-bond acceptors (Lipinski definition) is 3. The Hall–Kier alpha value is -2.03. The van der Waals surface area contributed by atoms with Crippen molar-refractivity contribution >= 4 is 11.5 Å². The second-order valence-electron chi connectivity index (χ2n) is 4.46. The van der Waals surface area contributed by atoms with E-state index in [1.165, 1.54) is 11.1 Å². The number of hydrogen-bond donors (Lipinski definition) is 2. The number of anilines is 2. The summed E-state index contributed by atoms with van der Waals surface area (Å²) in [4.78, 5) is 4.23. The van der Waals surface area contributed by atoms with Gasteiger partial charge in [-0.3, -0.25) is 0 Å². The van der Waals surface area contributed by atoms with Crippen LogP contribution in [0.4, 0.5) is 11.5 Å². The number of aromatic nitrogens is 1. The van der Waals surface area contributed by atoms with Crippen LogP contribution >= 0.6 is 0 Å². The number of benzene rings is 1. The summed E-state index contributed by atoms with van der Waals surface area (Å²) in [6, 6.07) is 12.4. The molecule has 3 N–H and O–H groups in total. The van der Waals surface area contributed by atoms with Crippen molar-refractivity contribution in [2.24, 2.45) is 0 Å². The fourth-order valence-electron chi connectivity index (χ4n) is 2.28. The summed E-state index contributed by atoms with van der Waals surface area (Å²) in [5.74, 6) is 1.51. The monoisotopic (exact) mass is 225 g/mol. The molecule has 17 heavy (non-hydrogen) atoms. The fraction of sp³-hybridized carbons (Fsp3) is 0.214. The molecule has 3 nitrogen and oxygen atoms in total. The van der Waals surface area contributed by atoms with Crippen molar-refractivity contribution in [3.63, 3.8) is 0 Å². The molecule has 0 radical (unpaired) electrons. The molecule has 1 aromatic heterocycles. The van der Waals surface area contributed by atoms with Gasteiger partial charge in [0.25, 0.3) is 0 Å². The number of nitrogens with zero attached hydrogens (tertiary/aromatic N) is 1. The minimum absolute atomic E-state index is 0.616. The molecule has 3 heteroatoms. The van der Waals surface area contributed by atoms with Gasteiger partial charge in [0.2, 0.25) is 0 Å². The van der Waals surface area contributed by atoms with Crippen LogP contribution in [-0.4, -0.2) is 11.5 Å². The van der Waals surface area contributed by atoms with Gasteiger partial charge in [-0.05, 0) is 29.7 Å². The Bertz CT molecular complexity index is 519. The van der Waals surface area contributed by atoms with Gasteiger partial charge in [0.15, 0.2) is 0 Å². The first kappa shape index (κ1) is 10.1. The van der Waals surface area contributed by atoms with Gasteiger partial charge in [-0.25, -0.2) is 4.98 Å². The van der Waals surface area contributed by atoms with Crippen LogP contribution in [0.3, 0.4) is 0 Å². The van der Waals surface area contributed by atoms with Gasteiger partial charge in [0.05, 0.1) is 11.9 Å². The van der Waals surface area contributed by atoms with Crippen molar-refractivity contribution in [3.05, 3.63) is 53.7 Å². The zero-order valence-electron chi connectivity index (χ0n) is 9.56. The van der Waals surface area contributed by atoms with E-state index < -0.39 is 0 Å². The first-order chi connectivity index (χ1) is 8.33. The van der Waals surface area contributed by atoms with Gasteiger partial charge in [-0.1, -0.05) is 24.3 Å². The second-order valence-corrected chi connectivity index (χ2v) is 4.46. The summed E-state index contributed by atoms with van der Waals surface area (Å²) in [6.45, 7) is 0.938. The van der Waals surface area contributed by atoms with E-state index in [9.17, 15) is 0 Å². The summed E-state index contributed by atoms with van der Waals surface area (Å²) in [7, 11) is 0. The lowest BCUT2D eigenvalue weighted by Gasteiger charge is -2.30. The molecule has 86 valence electrons. The lowest BCUT2D eigenvalue weighted by atomic mass is 9.77. The van der Waals surface area contributed by atoms with Gasteiger partial charge in [0.1, 0.15) is 5.82 Å². The molecule has 1 aliphatic carbocycles. The Kier molecular flexibility index (Phi) is 2.44. The first-order valence-electron chi connectivity index (χ1n) is 5.86. The van der Waals surface area contributed by atoms with E-state index in [2.05, 4.69) is 34.6 Å². The van der Waals surface area contributed by atoms with E-state index in [1.54, 1.807) is 6.20 Å². The fourth-order valence-corrected chi connectivity index (χ4v) is 2.28. The molecule has 1 heterocycles. The normalized spacial score (nSPS) is 17.1. The number of pyridine rings is 1. The topological polar surface area (TPSA) is 50.9 Å². The van der Waals surface area contributed by atoms with Gasteiger partial charge in [0, 0.05) is 12.5 Å². The highest BCUT2D eigenvalue weighted by Gasteiger charge is 2.24. The van der Waals surface area contributed by atoms with Crippen LogP contribution in [0.5, 0.6) is 0 Å². The maximum absolute atomic E-state index is 5.59. The molecule has 1 aromatic carbocycles. The average molecular weight is 225 g/mol. The standard InChI is InChI=1S/C14H15N3/c15-12-5-6-14(17-9-12)16-8-11-7-10-3-1-2-4-13(10)11/h1-6,9,11H,7-8,15H2,(H,16,17). The Labute approximate surface area is 101 Å². The van der Waals surface area contributed by atoms with Gasteiger partial charge >= 0.3 is 0 Å². The predicted molar refractivity (Wildman–Crippen MR) is 70.0 cm³/mol. The smallest absolute Gasteiger partial charge is 0.126 e. The van der Waals surface area contributed by atoms with Crippen molar-refractivity contribution in [2.75, 3.05) is 17.6 Å². The van der Waals surface area contributed by atoms with Crippen LogP contribution < -0.4 is 11.1 Å². The van der Waals surface area contributed by atoms with Crippen molar-refractivity contribution in [2.45, 2.75) is 12.3 Å². The van der Waals surface area contributed by atoms with Crippen LogP contribution in [0, 0.1) is 0 Å². The predicted octanol–water partition coefficient (Wildman–Crippen LogP) is 2.42. The Balaban J connectivity index is 1.62. The lowest BCUT2D eigenvalue weighted by molar-refractivity contribution is 0.634. The van der Waals surface area contributed by atoms with Crippen LogP contribution in [0.2, 0.25) is 0 Å². The number of fused-ring (bicyclic) bond motifs is 1. The zero-order valence-corrected chi connectivity index (χ0v) is 9.56. The van der Waals surface area contributed by atoms with Crippen molar-refractivity contribution in [3.8, 4) is 0 Å². The Morgan fingerprint density at radius 1 is 1.24 bits per heavy atom. The van der Waals surface area contributed by atoms with E-state index in [4.69, 9.17) is 5.73 Å². The summed E-state index contributed by atoms with van der Waals surface area (Å²) in [6.07, 6.45) is 2.84. The molecule has 0 fully saturated rings. The van der Waals surface area contributed by atoms with Gasteiger partial charge < -0.3 is 11.1 Å². The third kappa shape index (κ3) is 1.96. The summed E-state index contributed by atoms with van der Waals surface area (Å²) in [5.41, 5.74) is 9.24. The Morgan fingerprint density at radius 2 is 2.12 bits per heavy atom. The van der Waals surface area contributed by atoms with Crippen molar-refractivity contribution < 1.29 is 0 Å². The first-order valence-corrected chi connectivity index (χ1v) is 5.86. The van der Waals surface area contributed by atoms with Crippen LogP contribution in [-0.2, 0) is 6.42 Å². The van der Waals surface area contributed by atoms with E-state index >= 15 is 0 Å². The third-order valence-electron chi connectivity index (χ3n) is 3.28. The highest BCUT2D eigenvalue weighted by molar-refractivity contribution is 5.46. The second kappa shape index (κ2) is 4.09. The van der Waals surface area contributed by atoms with Crippen molar-refractivity contribution in [1.29, 1.82) is 0 Å². The lowest BCUT2D eigenvalue weighted by Crippen LogP contribution is -2.24. The minimum atomic E-state index is 0.616. The van der Waals surface area contributed by atoms with Crippen molar-refractivity contribution in [1.82, 2.24) is 4.98 Å². The number of nitrogens with one attached hydrogen (secondary N) is 1. The molecular weight excluding hydrogens is 210 g/mol. The average Bonchev–Trinajstić information content (AvgIpc) is 2.33. The molecular formula is C14H15N3. The summed E-state index contributed by atoms with van der Waals surface area (Å²) in [5, 5.41) is 3.35. The van der Waals surface area contributed by atoms with E-state index in [1.807, 2.05) is 12.1 Å². The van der Waals surface area contributed by atoms with Gasteiger partial charge in [-0.2, -0.15) is 0 Å². The molecule has 0 spiro atoms. The maximum atomic E-state index is 5.59. The van der Waals surface area contributed by atoms with Crippen LogP contribution in [0.15, 0.2) is 42.6 Å². The van der Waals surface area contributed by atoms with Crippen LogP contribution in [0.1, 0.15) is 17.0 Å². The van der Waals surface area contributed by atoms with Crippen LogP contribution in [0.25, 0.3) is 0 Å². The molecule has 0 amide bonds. The molecule has 0 saturated heterocycles. The Morgan fingerprint density at radius 3 is 2.88 bits per heavy atom. The zero-order chi connectivity index (χ0) is 11.7. The molecule has 1 unspecified atom stereocenters. The SMILES string of the molecule is Nc1ccc(NCC2Cc3ccccc32)nc1. The molecule has 0 bridgehead atoms. The third-order valence-corrected chi connectivity index (χ3v) is 3.28. The maximum Gasteiger partial charge on any atom is 0.126 e. The van der Waals surface area contributed by atoms with Gasteiger partial charge in [-0.15, -0.1) is 0 Å². The number of nitrogen functional groups attached to an aromatic ring is 1. The molecule has 3 rings (SSSR count). The van der Waals surface area contributed by atoms with E-state index in [0.717, 1.165) is 18.8 Å². The minimum Gasteiger partial charge on any atom is -0.397 e. The quantitative estimate of drug-likeness (QED) is 0.843. The molecule has 1 atom stereocenters. The summed E-state index contributed by atoms with van der Waals surface area (Å²) < 4.78 is 0. The highest BCUT2D eigenvalue weighted by Crippen LogP contribution is 2.34.